The van der Waals surface area contributed by atoms with Gasteiger partial charge in [0.1, 0.15) is 4.95 Å². The zero-order chi connectivity index (χ0) is 8.85. The molecule has 0 aromatic rings. The summed E-state index contributed by atoms with van der Waals surface area (Å²) in [7, 11) is 0. The van der Waals surface area contributed by atoms with E-state index in [4.69, 9.17) is 0 Å². The van der Waals surface area contributed by atoms with Crippen LogP contribution in [0.15, 0.2) is 16.6 Å². The molecule has 0 aromatic carbocycles. The van der Waals surface area contributed by atoms with Crippen LogP contribution in [0.25, 0.3) is 0 Å². The highest BCUT2D eigenvalue weighted by molar-refractivity contribution is 9.09. The van der Waals surface area contributed by atoms with Crippen molar-refractivity contribution in [3.8, 4) is 0 Å². The Morgan fingerprint density at radius 2 is 1.91 bits per heavy atom. The lowest BCUT2D eigenvalue weighted by Crippen LogP contribution is -1.89. The van der Waals surface area contributed by atoms with E-state index in [1.807, 2.05) is 13.1 Å². The van der Waals surface area contributed by atoms with Crippen LogP contribution < -0.4 is 0 Å². The van der Waals surface area contributed by atoms with Crippen molar-refractivity contribution in [2.24, 2.45) is 10.9 Å². The fourth-order valence-electron chi connectivity index (χ4n) is 0.472. The molecule has 0 aliphatic carbocycles. The highest BCUT2D eigenvalue weighted by Gasteiger charge is 1.92. The normalized spacial score (nSPS) is 16.4. The fraction of sp³-hybridized carbons (Fsp3) is 0.667. The first-order chi connectivity index (χ1) is 5.04. The van der Waals surface area contributed by atoms with Gasteiger partial charge in [0.15, 0.2) is 0 Å². The van der Waals surface area contributed by atoms with E-state index in [1.165, 1.54) is 5.57 Å². The number of aliphatic imine (C=N–C) groups is 1. The van der Waals surface area contributed by atoms with Crippen LogP contribution in [0.2, 0.25) is 0 Å². The Hall–Kier alpha value is -0.110. The zero-order valence-electron chi connectivity index (χ0n) is 7.63. The molecule has 0 aliphatic heterocycles. The summed E-state index contributed by atoms with van der Waals surface area (Å²) in [6, 6.07) is 0. The summed E-state index contributed by atoms with van der Waals surface area (Å²) in [6.45, 7) is 8.47. The Morgan fingerprint density at radius 3 is 2.27 bits per heavy atom. The average Bonchev–Trinajstić information content (AvgIpc) is 1.86. The number of halogens is 1. The molecule has 1 nitrogen and oxygen atoms in total. The Morgan fingerprint density at radius 1 is 1.36 bits per heavy atom. The number of rotatable bonds is 3. The van der Waals surface area contributed by atoms with Crippen LogP contribution in [0.3, 0.4) is 0 Å². The van der Waals surface area contributed by atoms with E-state index in [9.17, 15) is 0 Å². The van der Waals surface area contributed by atoms with Crippen LogP contribution in [-0.4, -0.2) is 11.2 Å². The molecule has 0 saturated heterocycles. The predicted octanol–water partition coefficient (Wildman–Crippen LogP) is 3.40. The molecule has 0 aliphatic rings. The molecule has 0 radical (unpaired) electrons. The van der Waals surface area contributed by atoms with E-state index in [0.29, 0.717) is 5.92 Å². The van der Waals surface area contributed by atoms with Gasteiger partial charge in [-0.1, -0.05) is 35.4 Å². The standard InChI is InChI=1S/C9H16BrN/c1-7(2)8(3)5-6-11-9(4)10/h5-7,9H,1-4H3/b8-5+,11-6-. The minimum Gasteiger partial charge on any atom is -0.279 e. The van der Waals surface area contributed by atoms with Crippen molar-refractivity contribution < 1.29 is 0 Å². The smallest absolute Gasteiger partial charge is 0.102 e. The summed E-state index contributed by atoms with van der Waals surface area (Å²) in [5.41, 5.74) is 1.36. The number of nitrogens with zero attached hydrogens (tertiary/aromatic N) is 1. The van der Waals surface area contributed by atoms with Crippen molar-refractivity contribution in [1.29, 1.82) is 0 Å². The molecule has 1 unspecified atom stereocenters. The summed E-state index contributed by atoms with van der Waals surface area (Å²) in [5.74, 6) is 0.618. The molecule has 11 heavy (non-hydrogen) atoms. The molecule has 64 valence electrons. The molecule has 0 saturated carbocycles. The third-order valence-corrected chi connectivity index (χ3v) is 1.78. The molecule has 1 atom stereocenters. The largest absolute Gasteiger partial charge is 0.279 e. The van der Waals surface area contributed by atoms with Gasteiger partial charge >= 0.3 is 0 Å². The monoisotopic (exact) mass is 217 g/mol. The lowest BCUT2D eigenvalue weighted by Gasteiger charge is -2.01. The Bertz CT molecular complexity index is 157. The second kappa shape index (κ2) is 5.53. The highest BCUT2D eigenvalue weighted by atomic mass is 79.9. The number of allylic oxidation sites excluding steroid dienone is 2. The molecule has 0 aromatic heterocycles. The SMILES string of the molecule is C/C(=C\C=N/C(C)Br)C(C)C. The molecule has 0 fully saturated rings. The Labute approximate surface area is 77.7 Å². The Balaban J connectivity index is 3.91. The summed E-state index contributed by atoms with van der Waals surface area (Å²) in [6.07, 6.45) is 3.91. The first-order valence-corrected chi connectivity index (χ1v) is 4.79. The number of hydrogen-bond acceptors (Lipinski definition) is 1. The molecule has 0 heterocycles. The number of hydrogen-bond donors (Lipinski definition) is 0. The van der Waals surface area contributed by atoms with Crippen LogP contribution in [0.5, 0.6) is 0 Å². The third kappa shape index (κ3) is 6.29. The lowest BCUT2D eigenvalue weighted by atomic mass is 10.1. The zero-order valence-corrected chi connectivity index (χ0v) is 9.22. The van der Waals surface area contributed by atoms with Crippen LogP contribution in [0.4, 0.5) is 0 Å². The van der Waals surface area contributed by atoms with Gasteiger partial charge in [-0.05, 0) is 25.8 Å². The topological polar surface area (TPSA) is 12.4 Å². The van der Waals surface area contributed by atoms with E-state index < -0.39 is 0 Å². The summed E-state index contributed by atoms with van der Waals surface area (Å²) >= 11 is 3.33. The van der Waals surface area contributed by atoms with Gasteiger partial charge in [0.25, 0.3) is 0 Å². The van der Waals surface area contributed by atoms with Gasteiger partial charge in [0.05, 0.1) is 0 Å². The van der Waals surface area contributed by atoms with Crippen LogP contribution >= 0.6 is 15.9 Å². The van der Waals surface area contributed by atoms with Crippen LogP contribution in [-0.2, 0) is 0 Å². The van der Waals surface area contributed by atoms with Crippen molar-refractivity contribution in [2.75, 3.05) is 0 Å². The van der Waals surface area contributed by atoms with Crippen LogP contribution in [0.1, 0.15) is 27.7 Å². The van der Waals surface area contributed by atoms with E-state index in [0.717, 1.165) is 0 Å². The summed E-state index contributed by atoms with van der Waals surface area (Å²) in [4.78, 5) is 4.38. The fourth-order valence-corrected chi connectivity index (χ4v) is 0.608. The molecule has 0 N–H and O–H groups in total. The Kier molecular flexibility index (Phi) is 5.47. The predicted molar refractivity (Wildman–Crippen MR) is 55.5 cm³/mol. The van der Waals surface area contributed by atoms with Gasteiger partial charge in [-0.2, -0.15) is 0 Å². The maximum absolute atomic E-state index is 4.16. The van der Waals surface area contributed by atoms with Gasteiger partial charge in [0, 0.05) is 6.21 Å². The third-order valence-electron chi connectivity index (χ3n) is 1.54. The van der Waals surface area contributed by atoms with Gasteiger partial charge in [-0.3, -0.25) is 4.99 Å². The van der Waals surface area contributed by atoms with Gasteiger partial charge in [-0.15, -0.1) is 0 Å². The lowest BCUT2D eigenvalue weighted by molar-refractivity contribution is 0.771. The van der Waals surface area contributed by atoms with Crippen molar-refractivity contribution in [3.63, 3.8) is 0 Å². The van der Waals surface area contributed by atoms with E-state index in [2.05, 4.69) is 47.8 Å². The average molecular weight is 218 g/mol. The molecule has 0 spiro atoms. The summed E-state index contributed by atoms with van der Waals surface area (Å²) in [5, 5.41) is 0. The minimum atomic E-state index is 0.221. The quantitative estimate of drug-likeness (QED) is 0.391. The first kappa shape index (κ1) is 10.9. The maximum Gasteiger partial charge on any atom is 0.102 e. The molecule has 2 heteroatoms. The second-order valence-corrected chi connectivity index (χ2v) is 4.26. The van der Waals surface area contributed by atoms with Crippen molar-refractivity contribution in [2.45, 2.75) is 32.6 Å². The van der Waals surface area contributed by atoms with Crippen molar-refractivity contribution in [3.05, 3.63) is 11.6 Å². The molecular formula is C9H16BrN. The van der Waals surface area contributed by atoms with E-state index in [1.54, 1.807) is 0 Å². The van der Waals surface area contributed by atoms with Crippen molar-refractivity contribution in [1.82, 2.24) is 0 Å². The van der Waals surface area contributed by atoms with Crippen LogP contribution in [0, 0.1) is 5.92 Å². The molecule has 0 amide bonds. The minimum absolute atomic E-state index is 0.221. The summed E-state index contributed by atoms with van der Waals surface area (Å²) < 4.78 is 0. The highest BCUT2D eigenvalue weighted by Crippen LogP contribution is 2.06. The molecule has 0 bridgehead atoms. The van der Waals surface area contributed by atoms with Gasteiger partial charge in [0.2, 0.25) is 0 Å². The van der Waals surface area contributed by atoms with E-state index in [-0.39, 0.29) is 4.95 Å². The molecule has 0 rings (SSSR count). The first-order valence-electron chi connectivity index (χ1n) is 3.88. The van der Waals surface area contributed by atoms with Gasteiger partial charge in [-0.25, -0.2) is 0 Å². The number of alkyl halides is 1. The van der Waals surface area contributed by atoms with E-state index >= 15 is 0 Å². The molecular weight excluding hydrogens is 202 g/mol. The maximum atomic E-state index is 4.16. The second-order valence-electron chi connectivity index (χ2n) is 2.94. The van der Waals surface area contributed by atoms with Crippen molar-refractivity contribution >= 4 is 22.1 Å². The van der Waals surface area contributed by atoms with Gasteiger partial charge < -0.3 is 0 Å².